The van der Waals surface area contributed by atoms with E-state index in [4.69, 9.17) is 9.15 Å². The minimum atomic E-state index is -0.346. The standard InChI is InChI=1S/C24H25N3O3/c1-16-12-19(18(3)27(16)21-7-10-22(29-5)11-8-21)13-20(14-25)24(28)26(4)15-23-9-6-17(2)30-23/h6-13H,15H2,1-5H3/b20-13+. The Bertz CT molecular complexity index is 1130. The SMILES string of the molecule is COc1ccc(-n2c(C)cc(/C=C(\C#N)C(=O)N(C)Cc3ccc(C)o3)c2C)cc1. The van der Waals surface area contributed by atoms with Gasteiger partial charge in [0.25, 0.3) is 5.91 Å². The number of rotatable bonds is 6. The average Bonchev–Trinajstić information content (AvgIpc) is 3.27. The Balaban J connectivity index is 1.88. The summed E-state index contributed by atoms with van der Waals surface area (Å²) in [6.07, 6.45) is 1.65. The highest BCUT2D eigenvalue weighted by Crippen LogP contribution is 2.24. The van der Waals surface area contributed by atoms with Crippen LogP contribution in [0, 0.1) is 32.1 Å². The minimum absolute atomic E-state index is 0.0794. The number of carbonyl (C=O) groups is 1. The molecular formula is C24H25N3O3. The van der Waals surface area contributed by atoms with E-state index in [9.17, 15) is 10.1 Å². The zero-order chi connectivity index (χ0) is 21.8. The first-order valence-corrected chi connectivity index (χ1v) is 9.60. The van der Waals surface area contributed by atoms with Crippen LogP contribution in [0.2, 0.25) is 0 Å². The molecule has 2 heterocycles. The van der Waals surface area contributed by atoms with Gasteiger partial charge in [-0.25, -0.2) is 0 Å². The molecule has 0 saturated heterocycles. The number of amides is 1. The number of nitrogens with zero attached hydrogens (tertiary/aromatic N) is 3. The van der Waals surface area contributed by atoms with E-state index in [1.807, 2.05) is 69.3 Å². The van der Waals surface area contributed by atoms with Gasteiger partial charge in [-0.15, -0.1) is 0 Å². The van der Waals surface area contributed by atoms with Gasteiger partial charge in [0.15, 0.2) is 0 Å². The van der Waals surface area contributed by atoms with Crippen LogP contribution in [0.4, 0.5) is 0 Å². The second-order valence-corrected chi connectivity index (χ2v) is 7.20. The van der Waals surface area contributed by atoms with Crippen LogP contribution < -0.4 is 4.74 Å². The molecule has 0 bridgehead atoms. The quantitative estimate of drug-likeness (QED) is 0.446. The molecule has 2 aromatic heterocycles. The number of nitriles is 1. The van der Waals surface area contributed by atoms with Crippen LogP contribution in [0.5, 0.6) is 5.75 Å². The van der Waals surface area contributed by atoms with Crippen molar-refractivity contribution in [3.05, 3.63) is 76.5 Å². The van der Waals surface area contributed by atoms with Gasteiger partial charge >= 0.3 is 0 Å². The van der Waals surface area contributed by atoms with Crippen LogP contribution in [0.1, 0.15) is 28.5 Å². The Morgan fingerprint density at radius 2 is 1.90 bits per heavy atom. The van der Waals surface area contributed by atoms with Crippen molar-refractivity contribution in [3.8, 4) is 17.5 Å². The van der Waals surface area contributed by atoms with Crippen molar-refractivity contribution < 1.29 is 13.9 Å². The Kier molecular flexibility index (Phi) is 6.12. The van der Waals surface area contributed by atoms with Crippen LogP contribution in [-0.4, -0.2) is 29.5 Å². The molecule has 0 aliphatic rings. The number of hydrogen-bond acceptors (Lipinski definition) is 4. The molecule has 3 aromatic rings. The maximum absolute atomic E-state index is 12.8. The summed E-state index contributed by atoms with van der Waals surface area (Å²) in [7, 11) is 3.29. The molecule has 0 radical (unpaired) electrons. The van der Waals surface area contributed by atoms with Crippen LogP contribution in [0.3, 0.4) is 0 Å². The second kappa shape index (κ2) is 8.75. The molecule has 6 nitrogen and oxygen atoms in total. The van der Waals surface area contributed by atoms with Crippen molar-refractivity contribution in [2.24, 2.45) is 0 Å². The van der Waals surface area contributed by atoms with Crippen molar-refractivity contribution in [2.45, 2.75) is 27.3 Å². The first-order chi connectivity index (χ1) is 14.3. The Hall–Kier alpha value is -3.72. The number of hydrogen-bond donors (Lipinski definition) is 0. The Morgan fingerprint density at radius 1 is 1.20 bits per heavy atom. The highest BCUT2D eigenvalue weighted by molar-refractivity contribution is 6.01. The first kappa shape index (κ1) is 21.0. The fourth-order valence-electron chi connectivity index (χ4n) is 3.44. The highest BCUT2D eigenvalue weighted by atomic mass is 16.5. The van der Waals surface area contributed by atoms with E-state index in [0.717, 1.165) is 34.1 Å². The van der Waals surface area contributed by atoms with Crippen LogP contribution >= 0.6 is 0 Å². The molecule has 0 fully saturated rings. The lowest BCUT2D eigenvalue weighted by atomic mass is 10.1. The normalized spacial score (nSPS) is 11.3. The molecule has 0 N–H and O–H groups in total. The summed E-state index contributed by atoms with van der Waals surface area (Å²) in [4.78, 5) is 14.3. The molecule has 154 valence electrons. The van der Waals surface area contributed by atoms with Gasteiger partial charge in [-0.05, 0) is 74.9 Å². The molecule has 0 unspecified atom stereocenters. The molecule has 30 heavy (non-hydrogen) atoms. The Labute approximate surface area is 176 Å². The number of aryl methyl sites for hydroxylation is 2. The first-order valence-electron chi connectivity index (χ1n) is 9.60. The van der Waals surface area contributed by atoms with E-state index in [1.165, 1.54) is 4.90 Å². The topological polar surface area (TPSA) is 71.4 Å². The van der Waals surface area contributed by atoms with Crippen molar-refractivity contribution >= 4 is 12.0 Å². The summed E-state index contributed by atoms with van der Waals surface area (Å²) >= 11 is 0. The summed E-state index contributed by atoms with van der Waals surface area (Å²) in [5.41, 5.74) is 3.85. The number of likely N-dealkylation sites (N-methyl/N-ethyl adjacent to an activating group) is 1. The van der Waals surface area contributed by atoms with Gasteiger partial charge in [0.2, 0.25) is 0 Å². The van der Waals surface area contributed by atoms with Crippen LogP contribution in [-0.2, 0) is 11.3 Å². The van der Waals surface area contributed by atoms with E-state index in [0.29, 0.717) is 12.3 Å². The smallest absolute Gasteiger partial charge is 0.264 e. The molecule has 0 aliphatic heterocycles. The molecule has 6 heteroatoms. The molecule has 3 rings (SSSR count). The van der Waals surface area contributed by atoms with Crippen molar-refractivity contribution in [2.75, 3.05) is 14.2 Å². The molecule has 0 atom stereocenters. The van der Waals surface area contributed by atoms with Gasteiger partial charge in [0, 0.05) is 24.1 Å². The van der Waals surface area contributed by atoms with E-state index in [-0.39, 0.29) is 11.5 Å². The zero-order valence-corrected chi connectivity index (χ0v) is 17.9. The molecule has 1 aromatic carbocycles. The number of methoxy groups -OCH3 is 1. The minimum Gasteiger partial charge on any atom is -0.497 e. The van der Waals surface area contributed by atoms with Crippen molar-refractivity contribution in [3.63, 3.8) is 0 Å². The van der Waals surface area contributed by atoms with Gasteiger partial charge in [-0.1, -0.05) is 0 Å². The maximum atomic E-state index is 12.8. The average molecular weight is 403 g/mol. The van der Waals surface area contributed by atoms with E-state index in [1.54, 1.807) is 20.2 Å². The predicted molar refractivity (Wildman–Crippen MR) is 115 cm³/mol. The molecule has 0 saturated carbocycles. The van der Waals surface area contributed by atoms with Crippen molar-refractivity contribution in [1.29, 1.82) is 5.26 Å². The maximum Gasteiger partial charge on any atom is 0.264 e. The predicted octanol–water partition coefficient (Wildman–Crippen LogP) is 4.57. The lowest BCUT2D eigenvalue weighted by Gasteiger charge is -2.15. The summed E-state index contributed by atoms with van der Waals surface area (Å²) < 4.78 is 12.8. The van der Waals surface area contributed by atoms with Gasteiger partial charge in [0.1, 0.15) is 28.9 Å². The third-order valence-corrected chi connectivity index (χ3v) is 4.99. The zero-order valence-electron chi connectivity index (χ0n) is 17.9. The number of ether oxygens (including phenoxy) is 1. The van der Waals surface area contributed by atoms with E-state index >= 15 is 0 Å². The molecule has 1 amide bonds. The second-order valence-electron chi connectivity index (χ2n) is 7.20. The summed E-state index contributed by atoms with van der Waals surface area (Å²) in [6.45, 7) is 6.12. The lowest BCUT2D eigenvalue weighted by molar-refractivity contribution is -0.126. The fourth-order valence-corrected chi connectivity index (χ4v) is 3.44. The molecule has 0 aliphatic carbocycles. The monoisotopic (exact) mass is 403 g/mol. The number of benzene rings is 1. The number of furan rings is 1. The van der Waals surface area contributed by atoms with Crippen molar-refractivity contribution in [1.82, 2.24) is 9.47 Å². The number of aromatic nitrogens is 1. The summed E-state index contributed by atoms with van der Waals surface area (Å²) in [6, 6.07) is 15.5. The van der Waals surface area contributed by atoms with Gasteiger partial charge in [0.05, 0.1) is 13.7 Å². The van der Waals surface area contributed by atoms with Gasteiger partial charge in [-0.3, -0.25) is 4.79 Å². The van der Waals surface area contributed by atoms with Crippen LogP contribution in [0.25, 0.3) is 11.8 Å². The number of carbonyl (C=O) groups excluding carboxylic acids is 1. The lowest BCUT2D eigenvalue weighted by Crippen LogP contribution is -2.27. The molecular weight excluding hydrogens is 378 g/mol. The fraction of sp³-hybridized carbons (Fsp3) is 0.250. The van der Waals surface area contributed by atoms with Crippen LogP contribution in [0.15, 0.2) is 52.5 Å². The third kappa shape index (κ3) is 4.31. The largest absolute Gasteiger partial charge is 0.497 e. The highest BCUT2D eigenvalue weighted by Gasteiger charge is 2.18. The van der Waals surface area contributed by atoms with Gasteiger partial charge in [-0.2, -0.15) is 5.26 Å². The van der Waals surface area contributed by atoms with Gasteiger partial charge < -0.3 is 18.6 Å². The summed E-state index contributed by atoms with van der Waals surface area (Å²) in [5, 5.41) is 9.61. The van der Waals surface area contributed by atoms with E-state index < -0.39 is 0 Å². The Morgan fingerprint density at radius 3 is 2.47 bits per heavy atom. The summed E-state index contributed by atoms with van der Waals surface area (Å²) in [5.74, 6) is 1.90. The molecule has 0 spiro atoms. The third-order valence-electron chi connectivity index (χ3n) is 4.99. The van der Waals surface area contributed by atoms with E-state index in [2.05, 4.69) is 4.57 Å².